The van der Waals surface area contributed by atoms with E-state index < -0.39 is 4.92 Å². The Balaban J connectivity index is 1.78. The van der Waals surface area contributed by atoms with E-state index in [0.717, 1.165) is 24.2 Å². The van der Waals surface area contributed by atoms with Gasteiger partial charge in [-0.1, -0.05) is 6.07 Å². The molecule has 1 unspecified atom stereocenters. The SMILES string of the molecule is Nc1ccc2c(c1)CCC2Nc1ccc([N+](=O)[O-])nc1. The molecule has 0 saturated heterocycles. The minimum Gasteiger partial charge on any atom is -0.399 e. The van der Waals surface area contributed by atoms with Gasteiger partial charge in [0.2, 0.25) is 0 Å². The fraction of sp³-hybridized carbons (Fsp3) is 0.214. The van der Waals surface area contributed by atoms with E-state index in [0.29, 0.717) is 0 Å². The molecule has 102 valence electrons. The highest BCUT2D eigenvalue weighted by Gasteiger charge is 2.22. The van der Waals surface area contributed by atoms with Crippen molar-refractivity contribution >= 4 is 17.2 Å². The number of rotatable bonds is 3. The van der Waals surface area contributed by atoms with Gasteiger partial charge in [-0.05, 0) is 52.1 Å². The minimum atomic E-state index is -0.503. The molecule has 20 heavy (non-hydrogen) atoms. The first kappa shape index (κ1) is 12.4. The predicted molar refractivity (Wildman–Crippen MR) is 76.4 cm³/mol. The van der Waals surface area contributed by atoms with Gasteiger partial charge in [0.15, 0.2) is 6.20 Å². The molecule has 2 aromatic rings. The normalized spacial score (nSPS) is 16.7. The molecule has 1 aliphatic rings. The number of hydrogen-bond acceptors (Lipinski definition) is 5. The van der Waals surface area contributed by atoms with Crippen molar-refractivity contribution in [1.29, 1.82) is 0 Å². The molecule has 0 aliphatic heterocycles. The Hall–Kier alpha value is -2.63. The standard InChI is InChI=1S/C14H14N4O2/c15-10-2-4-12-9(7-10)1-5-13(12)17-11-3-6-14(16-8-11)18(19)20/h2-4,6-8,13,17H,1,5,15H2. The number of pyridine rings is 1. The lowest BCUT2D eigenvalue weighted by Crippen LogP contribution is -2.07. The fourth-order valence-electron chi connectivity index (χ4n) is 2.57. The van der Waals surface area contributed by atoms with E-state index in [1.807, 2.05) is 18.2 Å². The topological polar surface area (TPSA) is 94.1 Å². The molecule has 6 nitrogen and oxygen atoms in total. The van der Waals surface area contributed by atoms with Crippen molar-refractivity contribution in [3.63, 3.8) is 0 Å². The molecule has 1 aromatic heterocycles. The molecular formula is C14H14N4O2. The van der Waals surface area contributed by atoms with Gasteiger partial charge in [0.1, 0.15) is 0 Å². The van der Waals surface area contributed by atoms with Gasteiger partial charge < -0.3 is 21.2 Å². The third kappa shape index (κ3) is 2.27. The maximum atomic E-state index is 10.6. The summed E-state index contributed by atoms with van der Waals surface area (Å²) >= 11 is 0. The molecule has 3 rings (SSSR count). The summed E-state index contributed by atoms with van der Waals surface area (Å²) < 4.78 is 0. The van der Waals surface area contributed by atoms with Gasteiger partial charge in [-0.2, -0.15) is 0 Å². The number of fused-ring (bicyclic) bond motifs is 1. The van der Waals surface area contributed by atoms with Crippen molar-refractivity contribution in [2.45, 2.75) is 18.9 Å². The van der Waals surface area contributed by atoms with E-state index >= 15 is 0 Å². The van der Waals surface area contributed by atoms with Gasteiger partial charge in [0, 0.05) is 11.8 Å². The van der Waals surface area contributed by atoms with Gasteiger partial charge in [0.05, 0.1) is 11.7 Å². The molecule has 0 saturated carbocycles. The van der Waals surface area contributed by atoms with Crippen LogP contribution < -0.4 is 11.1 Å². The molecular weight excluding hydrogens is 256 g/mol. The quantitative estimate of drug-likeness (QED) is 0.508. The Bertz CT molecular complexity index is 655. The lowest BCUT2D eigenvalue weighted by molar-refractivity contribution is -0.389. The van der Waals surface area contributed by atoms with Crippen LogP contribution in [-0.2, 0) is 6.42 Å². The maximum Gasteiger partial charge on any atom is 0.363 e. The molecule has 0 radical (unpaired) electrons. The largest absolute Gasteiger partial charge is 0.399 e. The van der Waals surface area contributed by atoms with E-state index in [9.17, 15) is 10.1 Å². The molecule has 3 N–H and O–H groups in total. The number of benzene rings is 1. The van der Waals surface area contributed by atoms with Crippen LogP contribution in [-0.4, -0.2) is 9.91 Å². The molecule has 0 amide bonds. The van der Waals surface area contributed by atoms with Crippen LogP contribution in [0.15, 0.2) is 36.5 Å². The molecule has 1 heterocycles. The van der Waals surface area contributed by atoms with Crippen LogP contribution in [0, 0.1) is 10.1 Å². The fourth-order valence-corrected chi connectivity index (χ4v) is 2.57. The zero-order valence-electron chi connectivity index (χ0n) is 10.7. The van der Waals surface area contributed by atoms with Crippen molar-refractivity contribution in [2.24, 2.45) is 0 Å². The van der Waals surface area contributed by atoms with E-state index in [1.54, 1.807) is 6.07 Å². The summed E-state index contributed by atoms with van der Waals surface area (Å²) in [4.78, 5) is 13.9. The van der Waals surface area contributed by atoms with E-state index in [4.69, 9.17) is 5.73 Å². The Kier molecular flexibility index (Phi) is 2.98. The predicted octanol–water partition coefficient (Wildman–Crippen LogP) is 2.67. The molecule has 6 heteroatoms. The average molecular weight is 270 g/mol. The number of anilines is 2. The van der Waals surface area contributed by atoms with Crippen molar-refractivity contribution < 1.29 is 4.92 Å². The Morgan fingerprint density at radius 1 is 1.35 bits per heavy atom. The van der Waals surface area contributed by atoms with Crippen LogP contribution >= 0.6 is 0 Å². The first-order valence-corrected chi connectivity index (χ1v) is 6.39. The second-order valence-electron chi connectivity index (χ2n) is 4.86. The lowest BCUT2D eigenvalue weighted by Gasteiger charge is -2.14. The van der Waals surface area contributed by atoms with Crippen molar-refractivity contribution in [1.82, 2.24) is 4.98 Å². The first-order valence-electron chi connectivity index (χ1n) is 6.39. The highest BCUT2D eigenvalue weighted by molar-refractivity contribution is 5.52. The Labute approximate surface area is 115 Å². The van der Waals surface area contributed by atoms with Gasteiger partial charge in [-0.15, -0.1) is 0 Å². The second-order valence-corrected chi connectivity index (χ2v) is 4.86. The number of hydrogen-bond donors (Lipinski definition) is 2. The number of aromatic nitrogens is 1. The van der Waals surface area contributed by atoms with Gasteiger partial charge >= 0.3 is 5.82 Å². The number of nitrogens with two attached hydrogens (primary N) is 1. The van der Waals surface area contributed by atoms with E-state index in [-0.39, 0.29) is 11.9 Å². The number of aryl methyl sites for hydroxylation is 1. The summed E-state index contributed by atoms with van der Waals surface area (Å²) in [6.45, 7) is 0. The van der Waals surface area contributed by atoms with E-state index in [1.165, 1.54) is 23.4 Å². The Morgan fingerprint density at radius 2 is 2.20 bits per heavy atom. The number of nitrogen functional groups attached to an aromatic ring is 1. The summed E-state index contributed by atoms with van der Waals surface area (Å²) in [6.07, 6.45) is 3.46. The summed E-state index contributed by atoms with van der Waals surface area (Å²) in [5.74, 6) is -0.143. The van der Waals surface area contributed by atoms with Crippen molar-refractivity contribution in [3.05, 3.63) is 57.8 Å². The summed E-state index contributed by atoms with van der Waals surface area (Å²) in [6, 6.07) is 9.22. The number of nitrogens with zero attached hydrogens (tertiary/aromatic N) is 2. The summed E-state index contributed by atoms with van der Waals surface area (Å²) in [5.41, 5.74) is 9.84. The van der Waals surface area contributed by atoms with Crippen LogP contribution in [0.3, 0.4) is 0 Å². The minimum absolute atomic E-state index is 0.143. The third-order valence-electron chi connectivity index (χ3n) is 3.52. The zero-order valence-corrected chi connectivity index (χ0v) is 10.7. The molecule has 1 aliphatic carbocycles. The van der Waals surface area contributed by atoms with Crippen LogP contribution in [0.5, 0.6) is 0 Å². The van der Waals surface area contributed by atoms with Crippen LogP contribution in [0.4, 0.5) is 17.2 Å². The van der Waals surface area contributed by atoms with Gasteiger partial charge in [0.25, 0.3) is 0 Å². The zero-order chi connectivity index (χ0) is 14.1. The lowest BCUT2D eigenvalue weighted by atomic mass is 10.1. The maximum absolute atomic E-state index is 10.6. The average Bonchev–Trinajstić information content (AvgIpc) is 2.81. The highest BCUT2D eigenvalue weighted by Crippen LogP contribution is 2.34. The smallest absolute Gasteiger partial charge is 0.363 e. The molecule has 1 atom stereocenters. The Morgan fingerprint density at radius 3 is 2.90 bits per heavy atom. The van der Waals surface area contributed by atoms with Gasteiger partial charge in [-0.25, -0.2) is 0 Å². The van der Waals surface area contributed by atoms with Crippen LogP contribution in [0.1, 0.15) is 23.6 Å². The van der Waals surface area contributed by atoms with Gasteiger partial charge in [-0.3, -0.25) is 0 Å². The van der Waals surface area contributed by atoms with Crippen LogP contribution in [0.2, 0.25) is 0 Å². The molecule has 1 aromatic carbocycles. The third-order valence-corrected chi connectivity index (χ3v) is 3.52. The van der Waals surface area contributed by atoms with Crippen LogP contribution in [0.25, 0.3) is 0 Å². The number of nitro groups is 1. The van der Waals surface area contributed by atoms with Crippen molar-refractivity contribution in [3.8, 4) is 0 Å². The first-order chi connectivity index (χ1) is 9.63. The summed E-state index contributed by atoms with van der Waals surface area (Å²) in [5, 5.41) is 13.9. The molecule has 0 bridgehead atoms. The molecule has 0 spiro atoms. The van der Waals surface area contributed by atoms with E-state index in [2.05, 4.69) is 10.3 Å². The molecule has 0 fully saturated rings. The number of nitrogens with one attached hydrogen (secondary N) is 1. The second kappa shape index (κ2) is 4.80. The highest BCUT2D eigenvalue weighted by atomic mass is 16.6. The van der Waals surface area contributed by atoms with Crippen molar-refractivity contribution in [2.75, 3.05) is 11.1 Å². The summed E-state index contributed by atoms with van der Waals surface area (Å²) in [7, 11) is 0. The monoisotopic (exact) mass is 270 g/mol.